The second-order valence-corrected chi connectivity index (χ2v) is 8.80. The molecule has 0 spiro atoms. The molecule has 3 aromatic rings. The average molecular weight is 455 g/mol. The fraction of sp³-hybridized carbons (Fsp3) is 0.174. The minimum Gasteiger partial charge on any atom is -0.495 e. The van der Waals surface area contributed by atoms with Gasteiger partial charge in [-0.3, -0.25) is 9.52 Å². The van der Waals surface area contributed by atoms with Crippen molar-refractivity contribution in [1.82, 2.24) is 0 Å². The number of sulfonamides is 1. The van der Waals surface area contributed by atoms with E-state index in [4.69, 9.17) is 14.2 Å². The lowest BCUT2D eigenvalue weighted by Crippen LogP contribution is -2.18. The van der Waals surface area contributed by atoms with E-state index in [9.17, 15) is 13.2 Å². The zero-order chi connectivity index (χ0) is 22.7. The first kappa shape index (κ1) is 21.5. The largest absolute Gasteiger partial charge is 0.495 e. The van der Waals surface area contributed by atoms with Gasteiger partial charge in [0.05, 0.1) is 7.11 Å². The van der Waals surface area contributed by atoms with Crippen molar-refractivity contribution in [3.8, 4) is 17.2 Å². The first-order valence-corrected chi connectivity index (χ1v) is 11.3. The summed E-state index contributed by atoms with van der Waals surface area (Å²) in [6, 6.07) is 16.2. The number of amides is 1. The van der Waals surface area contributed by atoms with Crippen molar-refractivity contribution in [3.63, 3.8) is 0 Å². The number of fused-ring (bicyclic) bond motifs is 1. The molecule has 1 heterocycles. The van der Waals surface area contributed by atoms with Crippen LogP contribution in [-0.4, -0.2) is 34.6 Å². The van der Waals surface area contributed by atoms with Gasteiger partial charge in [0.25, 0.3) is 15.9 Å². The first-order valence-electron chi connectivity index (χ1n) is 9.84. The molecule has 0 unspecified atom stereocenters. The lowest BCUT2D eigenvalue weighted by Gasteiger charge is -2.19. The van der Waals surface area contributed by atoms with Gasteiger partial charge in [0.2, 0.25) is 0 Å². The number of hydrogen-bond acceptors (Lipinski definition) is 6. The van der Waals surface area contributed by atoms with Gasteiger partial charge in [-0.1, -0.05) is 17.7 Å². The first-order chi connectivity index (χ1) is 15.4. The van der Waals surface area contributed by atoms with Crippen molar-refractivity contribution >= 4 is 27.3 Å². The van der Waals surface area contributed by atoms with Crippen LogP contribution in [0, 0.1) is 6.92 Å². The Balaban J connectivity index is 1.59. The molecule has 0 aliphatic carbocycles. The summed E-state index contributed by atoms with van der Waals surface area (Å²) in [5.41, 5.74) is 2.06. The third-order valence-electron chi connectivity index (χ3n) is 4.82. The monoisotopic (exact) mass is 454 g/mol. The quantitative estimate of drug-likeness (QED) is 0.587. The number of aryl methyl sites for hydroxylation is 1. The van der Waals surface area contributed by atoms with Crippen LogP contribution in [-0.2, 0) is 10.0 Å². The van der Waals surface area contributed by atoms with Crippen LogP contribution in [0.1, 0.15) is 15.9 Å². The van der Waals surface area contributed by atoms with E-state index in [-0.39, 0.29) is 16.2 Å². The molecule has 0 aromatic heterocycles. The highest BCUT2D eigenvalue weighted by Crippen LogP contribution is 2.33. The van der Waals surface area contributed by atoms with Crippen LogP contribution in [0.4, 0.5) is 11.4 Å². The Hall–Kier alpha value is -3.72. The van der Waals surface area contributed by atoms with Crippen LogP contribution in [0.2, 0.25) is 0 Å². The maximum Gasteiger partial charge on any atom is 0.265 e. The molecule has 1 amide bonds. The minimum absolute atomic E-state index is 0.125. The molecule has 0 saturated carbocycles. The van der Waals surface area contributed by atoms with Crippen LogP contribution in [0.15, 0.2) is 65.6 Å². The van der Waals surface area contributed by atoms with Crippen LogP contribution in [0.5, 0.6) is 17.2 Å². The van der Waals surface area contributed by atoms with E-state index in [0.717, 1.165) is 5.56 Å². The fourth-order valence-electron chi connectivity index (χ4n) is 3.18. The Morgan fingerprint density at radius 3 is 2.31 bits per heavy atom. The van der Waals surface area contributed by atoms with Crippen molar-refractivity contribution in [1.29, 1.82) is 0 Å². The van der Waals surface area contributed by atoms with Crippen LogP contribution in [0.3, 0.4) is 0 Å². The van der Waals surface area contributed by atoms with E-state index < -0.39 is 15.9 Å². The summed E-state index contributed by atoms with van der Waals surface area (Å²) >= 11 is 0. The van der Waals surface area contributed by atoms with Crippen LogP contribution < -0.4 is 24.2 Å². The van der Waals surface area contributed by atoms with Gasteiger partial charge in [-0.2, -0.15) is 0 Å². The molecule has 2 N–H and O–H groups in total. The second kappa shape index (κ2) is 8.80. The lowest BCUT2D eigenvalue weighted by atomic mass is 10.2. The van der Waals surface area contributed by atoms with E-state index in [1.165, 1.54) is 25.3 Å². The Morgan fingerprint density at radius 1 is 0.906 bits per heavy atom. The number of benzene rings is 3. The number of hydrogen-bond donors (Lipinski definition) is 2. The van der Waals surface area contributed by atoms with Gasteiger partial charge in [-0.15, -0.1) is 0 Å². The third kappa shape index (κ3) is 4.62. The van der Waals surface area contributed by atoms with Crippen molar-refractivity contribution in [3.05, 3.63) is 71.8 Å². The SMILES string of the molecule is COc1ccc(C(=O)Nc2ccc3c(c2)OCCO3)cc1S(=O)(=O)Nc1ccc(C)cc1. The van der Waals surface area contributed by atoms with E-state index in [2.05, 4.69) is 10.0 Å². The number of nitrogens with one attached hydrogen (secondary N) is 2. The summed E-state index contributed by atoms with van der Waals surface area (Å²) in [6.07, 6.45) is 0. The lowest BCUT2D eigenvalue weighted by molar-refractivity contribution is 0.102. The van der Waals surface area contributed by atoms with Crippen molar-refractivity contribution in [2.45, 2.75) is 11.8 Å². The molecule has 32 heavy (non-hydrogen) atoms. The predicted octanol–water partition coefficient (Wildman–Crippen LogP) is 3.83. The molecule has 9 heteroatoms. The molecule has 0 radical (unpaired) electrons. The number of rotatable bonds is 6. The standard InChI is InChI=1S/C23H22N2O6S/c1-15-3-6-17(7-4-15)25-32(27,28)22-13-16(5-9-20(22)29-2)23(26)24-18-8-10-19-21(14-18)31-12-11-30-19/h3-10,13-14,25H,11-12H2,1-2H3,(H,24,26). The molecule has 0 saturated heterocycles. The number of methoxy groups -OCH3 is 1. The molecular weight excluding hydrogens is 432 g/mol. The van der Waals surface area contributed by atoms with Crippen molar-refractivity contribution < 1.29 is 27.4 Å². The van der Waals surface area contributed by atoms with Gasteiger partial charge in [-0.05, 0) is 49.4 Å². The number of ether oxygens (including phenoxy) is 3. The predicted molar refractivity (Wildman–Crippen MR) is 120 cm³/mol. The third-order valence-corrected chi connectivity index (χ3v) is 6.22. The van der Waals surface area contributed by atoms with Gasteiger partial charge in [-0.25, -0.2) is 8.42 Å². The summed E-state index contributed by atoms with van der Waals surface area (Å²) in [4.78, 5) is 12.7. The maximum atomic E-state index is 13.0. The summed E-state index contributed by atoms with van der Waals surface area (Å²) in [6.45, 7) is 2.81. The molecule has 166 valence electrons. The average Bonchev–Trinajstić information content (AvgIpc) is 2.80. The molecule has 1 aliphatic heterocycles. The zero-order valence-electron chi connectivity index (χ0n) is 17.5. The maximum absolute atomic E-state index is 13.0. The summed E-state index contributed by atoms with van der Waals surface area (Å²) in [5.74, 6) is 0.792. The van der Waals surface area contributed by atoms with Crippen molar-refractivity contribution in [2.24, 2.45) is 0 Å². The molecule has 0 bridgehead atoms. The second-order valence-electron chi connectivity index (χ2n) is 7.15. The molecule has 0 atom stereocenters. The Morgan fingerprint density at radius 2 is 1.59 bits per heavy atom. The molecule has 3 aromatic carbocycles. The highest BCUT2D eigenvalue weighted by molar-refractivity contribution is 7.92. The molecule has 1 aliphatic rings. The van der Waals surface area contributed by atoms with Gasteiger partial charge in [0, 0.05) is 23.0 Å². The highest BCUT2D eigenvalue weighted by atomic mass is 32.2. The Labute approximate surface area is 186 Å². The zero-order valence-corrected chi connectivity index (χ0v) is 18.4. The van der Waals surface area contributed by atoms with E-state index in [1.807, 2.05) is 6.92 Å². The van der Waals surface area contributed by atoms with Gasteiger partial charge in [0.1, 0.15) is 23.9 Å². The number of carbonyl (C=O) groups is 1. The van der Waals surface area contributed by atoms with E-state index >= 15 is 0 Å². The fourth-order valence-corrected chi connectivity index (χ4v) is 4.44. The Kier molecular flexibility index (Phi) is 5.91. The smallest absolute Gasteiger partial charge is 0.265 e. The molecule has 0 fully saturated rings. The van der Waals surface area contributed by atoms with E-state index in [1.54, 1.807) is 42.5 Å². The highest BCUT2D eigenvalue weighted by Gasteiger charge is 2.22. The summed E-state index contributed by atoms with van der Waals surface area (Å²) in [5, 5.41) is 2.75. The molecule has 4 rings (SSSR count). The van der Waals surface area contributed by atoms with Gasteiger partial charge in [0.15, 0.2) is 11.5 Å². The van der Waals surface area contributed by atoms with Gasteiger partial charge < -0.3 is 19.5 Å². The summed E-state index contributed by atoms with van der Waals surface area (Å²) in [7, 11) is -2.63. The van der Waals surface area contributed by atoms with Crippen LogP contribution in [0.25, 0.3) is 0 Å². The minimum atomic E-state index is -4.00. The topological polar surface area (TPSA) is 103 Å². The Bertz CT molecular complexity index is 1260. The summed E-state index contributed by atoms with van der Waals surface area (Å²) < 4.78 is 44.8. The van der Waals surface area contributed by atoms with E-state index in [0.29, 0.717) is 36.1 Å². The number of carbonyl (C=O) groups excluding carboxylic acids is 1. The number of anilines is 2. The van der Waals surface area contributed by atoms with Gasteiger partial charge >= 0.3 is 0 Å². The van der Waals surface area contributed by atoms with Crippen molar-refractivity contribution in [2.75, 3.05) is 30.4 Å². The molecule has 8 nitrogen and oxygen atoms in total. The van der Waals surface area contributed by atoms with Crippen LogP contribution >= 0.6 is 0 Å². The molecular formula is C23H22N2O6S. The normalized spacial score (nSPS) is 12.7.